The van der Waals surface area contributed by atoms with Gasteiger partial charge in [0.1, 0.15) is 11.6 Å². The Morgan fingerprint density at radius 1 is 1.00 bits per heavy atom. The van der Waals surface area contributed by atoms with Crippen molar-refractivity contribution < 1.29 is 4.39 Å². The maximum Gasteiger partial charge on any atom is 0.164 e. The van der Waals surface area contributed by atoms with Gasteiger partial charge in [-0.3, -0.25) is 4.90 Å². The second kappa shape index (κ2) is 6.75. The zero-order valence-electron chi connectivity index (χ0n) is 13.3. The zero-order valence-corrected chi connectivity index (χ0v) is 14.8. The number of aromatic nitrogens is 3. The highest BCUT2D eigenvalue weighted by molar-refractivity contribution is 6.42. The third-order valence-electron chi connectivity index (χ3n) is 4.36. The van der Waals surface area contributed by atoms with Crippen molar-refractivity contribution >= 4 is 23.2 Å². The molecule has 1 aromatic heterocycles. The average Bonchev–Trinajstić information content (AvgIpc) is 3.03. The Hall–Kier alpha value is -1.95. The van der Waals surface area contributed by atoms with Gasteiger partial charge in [-0.1, -0.05) is 35.3 Å². The van der Waals surface area contributed by atoms with Crippen LogP contribution in [0, 0.1) is 5.82 Å². The number of rotatable bonds is 3. The molecule has 4 rings (SSSR count). The van der Waals surface area contributed by atoms with Gasteiger partial charge in [0.2, 0.25) is 0 Å². The van der Waals surface area contributed by atoms with Gasteiger partial charge < -0.3 is 4.57 Å². The van der Waals surface area contributed by atoms with E-state index >= 15 is 0 Å². The summed E-state index contributed by atoms with van der Waals surface area (Å²) in [4.78, 5) is 2.26. The van der Waals surface area contributed by atoms with Crippen LogP contribution in [0.15, 0.2) is 42.5 Å². The van der Waals surface area contributed by atoms with Gasteiger partial charge in [-0.2, -0.15) is 0 Å². The van der Waals surface area contributed by atoms with Gasteiger partial charge in [0.05, 0.1) is 16.6 Å². The molecule has 0 fully saturated rings. The molecule has 4 nitrogen and oxygen atoms in total. The van der Waals surface area contributed by atoms with E-state index in [1.807, 2.05) is 12.1 Å². The van der Waals surface area contributed by atoms with Crippen molar-refractivity contribution in [1.29, 1.82) is 0 Å². The lowest BCUT2D eigenvalue weighted by molar-refractivity contribution is 0.209. The molecule has 7 heteroatoms. The first-order valence-electron chi connectivity index (χ1n) is 7.95. The normalized spacial score (nSPS) is 14.5. The van der Waals surface area contributed by atoms with E-state index in [-0.39, 0.29) is 5.82 Å². The molecule has 0 radical (unpaired) electrons. The standard InChI is InChI=1S/C18H15Cl2FN4/c19-15-3-1-2-13(17(15)20)10-24-8-9-25-16(11-24)22-23-18(25)12-4-6-14(21)7-5-12/h1-7H,8-11H2. The predicted molar refractivity (Wildman–Crippen MR) is 96.0 cm³/mol. The Kier molecular flexibility index (Phi) is 4.46. The largest absolute Gasteiger partial charge is 0.309 e. The molecular formula is C18H15Cl2FN4. The molecule has 3 aromatic rings. The smallest absolute Gasteiger partial charge is 0.164 e. The molecule has 1 aliphatic heterocycles. The number of halogens is 3. The molecule has 25 heavy (non-hydrogen) atoms. The molecule has 1 aliphatic rings. The van der Waals surface area contributed by atoms with Crippen LogP contribution in [0.25, 0.3) is 11.4 Å². The Labute approximate surface area is 154 Å². The van der Waals surface area contributed by atoms with E-state index in [4.69, 9.17) is 23.2 Å². The lowest BCUT2D eigenvalue weighted by atomic mass is 10.2. The van der Waals surface area contributed by atoms with Gasteiger partial charge in [0, 0.05) is 25.2 Å². The van der Waals surface area contributed by atoms with Gasteiger partial charge in [0.25, 0.3) is 0 Å². The first kappa shape index (κ1) is 16.5. The van der Waals surface area contributed by atoms with E-state index in [0.717, 1.165) is 35.9 Å². The van der Waals surface area contributed by atoms with Crippen molar-refractivity contribution in [3.05, 3.63) is 69.7 Å². The van der Waals surface area contributed by atoms with E-state index in [1.54, 1.807) is 18.2 Å². The molecule has 0 atom stereocenters. The summed E-state index contributed by atoms with van der Waals surface area (Å²) in [7, 11) is 0. The topological polar surface area (TPSA) is 34.0 Å². The number of fused-ring (bicyclic) bond motifs is 1. The summed E-state index contributed by atoms with van der Waals surface area (Å²) in [5, 5.41) is 9.76. The molecule has 0 amide bonds. The molecule has 128 valence electrons. The first-order valence-corrected chi connectivity index (χ1v) is 8.70. The van der Waals surface area contributed by atoms with Crippen molar-refractivity contribution in [1.82, 2.24) is 19.7 Å². The summed E-state index contributed by atoms with van der Waals surface area (Å²) < 4.78 is 15.2. The summed E-state index contributed by atoms with van der Waals surface area (Å²) in [6.07, 6.45) is 0. The van der Waals surface area contributed by atoms with E-state index in [0.29, 0.717) is 23.1 Å². The van der Waals surface area contributed by atoms with Gasteiger partial charge in [-0.25, -0.2) is 4.39 Å². The number of benzene rings is 2. The zero-order chi connectivity index (χ0) is 17.4. The van der Waals surface area contributed by atoms with Crippen LogP contribution in [-0.2, 0) is 19.6 Å². The Morgan fingerprint density at radius 3 is 2.60 bits per heavy atom. The van der Waals surface area contributed by atoms with Crippen LogP contribution in [0.2, 0.25) is 10.0 Å². The van der Waals surface area contributed by atoms with Crippen LogP contribution in [0.4, 0.5) is 4.39 Å². The molecule has 0 spiro atoms. The maximum absolute atomic E-state index is 13.1. The van der Waals surface area contributed by atoms with E-state index in [9.17, 15) is 4.39 Å². The highest BCUT2D eigenvalue weighted by Gasteiger charge is 2.22. The van der Waals surface area contributed by atoms with Crippen molar-refractivity contribution in [3.8, 4) is 11.4 Å². The first-order chi connectivity index (χ1) is 12.1. The van der Waals surface area contributed by atoms with Crippen LogP contribution in [0.5, 0.6) is 0 Å². The highest BCUT2D eigenvalue weighted by Crippen LogP contribution is 2.28. The Morgan fingerprint density at radius 2 is 1.80 bits per heavy atom. The van der Waals surface area contributed by atoms with E-state index in [2.05, 4.69) is 19.7 Å². The van der Waals surface area contributed by atoms with Crippen LogP contribution < -0.4 is 0 Å². The van der Waals surface area contributed by atoms with Crippen molar-refractivity contribution in [2.24, 2.45) is 0 Å². The lowest BCUT2D eigenvalue weighted by Gasteiger charge is -2.28. The summed E-state index contributed by atoms with van der Waals surface area (Å²) in [6.45, 7) is 3.00. The molecule has 2 heterocycles. The molecule has 0 N–H and O–H groups in total. The summed E-state index contributed by atoms with van der Waals surface area (Å²) >= 11 is 12.4. The minimum Gasteiger partial charge on any atom is -0.309 e. The average molecular weight is 377 g/mol. The second-order valence-electron chi connectivity index (χ2n) is 6.02. The van der Waals surface area contributed by atoms with Gasteiger partial charge >= 0.3 is 0 Å². The SMILES string of the molecule is Fc1ccc(-c2nnc3n2CCN(Cc2cccc(Cl)c2Cl)C3)cc1. The second-order valence-corrected chi connectivity index (χ2v) is 6.81. The van der Waals surface area contributed by atoms with E-state index in [1.165, 1.54) is 12.1 Å². The quantitative estimate of drug-likeness (QED) is 0.678. The third kappa shape index (κ3) is 3.27. The van der Waals surface area contributed by atoms with E-state index < -0.39 is 0 Å². The van der Waals surface area contributed by atoms with Crippen molar-refractivity contribution in [2.75, 3.05) is 6.54 Å². The molecule has 2 aromatic carbocycles. The predicted octanol–water partition coefficient (Wildman–Crippen LogP) is 4.41. The fourth-order valence-corrected chi connectivity index (χ4v) is 3.45. The fraction of sp³-hybridized carbons (Fsp3) is 0.222. The van der Waals surface area contributed by atoms with Crippen LogP contribution >= 0.6 is 23.2 Å². The minimum absolute atomic E-state index is 0.258. The minimum atomic E-state index is -0.258. The summed E-state index contributed by atoms with van der Waals surface area (Å²) in [6, 6.07) is 12.0. The van der Waals surface area contributed by atoms with Crippen LogP contribution in [0.1, 0.15) is 11.4 Å². The molecule has 0 aliphatic carbocycles. The number of hydrogen-bond donors (Lipinski definition) is 0. The van der Waals surface area contributed by atoms with Gasteiger partial charge in [0.15, 0.2) is 5.82 Å². The molecule has 0 saturated heterocycles. The molecule has 0 unspecified atom stereocenters. The molecular weight excluding hydrogens is 362 g/mol. The third-order valence-corrected chi connectivity index (χ3v) is 5.22. The van der Waals surface area contributed by atoms with Crippen molar-refractivity contribution in [3.63, 3.8) is 0 Å². The maximum atomic E-state index is 13.1. The number of nitrogens with zero attached hydrogens (tertiary/aromatic N) is 4. The highest BCUT2D eigenvalue weighted by atomic mass is 35.5. The lowest BCUT2D eigenvalue weighted by Crippen LogP contribution is -2.33. The van der Waals surface area contributed by atoms with Gasteiger partial charge in [-0.15, -0.1) is 10.2 Å². The van der Waals surface area contributed by atoms with Crippen LogP contribution in [0.3, 0.4) is 0 Å². The Balaban J connectivity index is 1.55. The van der Waals surface area contributed by atoms with Crippen LogP contribution in [-0.4, -0.2) is 26.2 Å². The summed E-state index contributed by atoms with van der Waals surface area (Å²) in [5.41, 5.74) is 1.87. The Bertz CT molecular complexity index is 908. The van der Waals surface area contributed by atoms with Crippen molar-refractivity contribution in [2.45, 2.75) is 19.6 Å². The van der Waals surface area contributed by atoms with Gasteiger partial charge in [-0.05, 0) is 35.9 Å². The molecule has 0 saturated carbocycles. The summed E-state index contributed by atoms with van der Waals surface area (Å²) in [5.74, 6) is 1.41. The molecule has 0 bridgehead atoms. The fourth-order valence-electron chi connectivity index (χ4n) is 3.07. The monoisotopic (exact) mass is 376 g/mol. The number of hydrogen-bond acceptors (Lipinski definition) is 3.